The molecule has 0 bridgehead atoms. The Morgan fingerprint density at radius 3 is 2.61 bits per heavy atom. The van der Waals surface area contributed by atoms with Gasteiger partial charge in [0.15, 0.2) is 0 Å². The molecule has 1 heterocycles. The molecule has 3 N–H and O–H groups in total. The average molecular weight is 250 g/mol. The normalized spacial score (nSPS) is 18.1. The van der Waals surface area contributed by atoms with E-state index in [2.05, 4.69) is 35.7 Å². The molecule has 2 rings (SSSR count). The first-order chi connectivity index (χ1) is 8.51. The second-order valence-electron chi connectivity index (χ2n) is 5.43. The smallest absolute Gasteiger partial charge is 0.139 e. The number of aryl methyl sites for hydroxylation is 1. The molecular weight excluding hydrogens is 228 g/mol. The Balaban J connectivity index is 2.15. The largest absolute Gasteiger partial charge is 0.409 e. The first-order valence-corrected chi connectivity index (χ1v) is 6.50. The Kier molecular flexibility index (Phi) is 3.32. The van der Waals surface area contributed by atoms with E-state index in [1.807, 2.05) is 0 Å². The zero-order valence-electron chi connectivity index (χ0n) is 11.4. The summed E-state index contributed by atoms with van der Waals surface area (Å²) in [5.41, 5.74) is 9.49. The molecule has 0 aliphatic heterocycles. The van der Waals surface area contributed by atoms with Gasteiger partial charge in [-0.2, -0.15) is 5.10 Å². The zero-order chi connectivity index (χ0) is 13.3. The van der Waals surface area contributed by atoms with E-state index in [9.17, 15) is 0 Å². The highest BCUT2D eigenvalue weighted by molar-refractivity contribution is 5.80. The first kappa shape index (κ1) is 12.9. The van der Waals surface area contributed by atoms with Crippen molar-refractivity contribution in [2.24, 2.45) is 16.3 Å². The van der Waals surface area contributed by atoms with Crippen molar-refractivity contribution in [2.75, 3.05) is 0 Å². The molecule has 18 heavy (non-hydrogen) atoms. The van der Waals surface area contributed by atoms with Crippen LogP contribution in [-0.4, -0.2) is 20.8 Å². The van der Waals surface area contributed by atoms with E-state index in [0.717, 1.165) is 31.5 Å². The van der Waals surface area contributed by atoms with Crippen LogP contribution in [0.1, 0.15) is 43.1 Å². The van der Waals surface area contributed by atoms with Crippen molar-refractivity contribution in [3.63, 3.8) is 0 Å². The molecule has 0 radical (unpaired) electrons. The van der Waals surface area contributed by atoms with Crippen LogP contribution in [0.4, 0.5) is 0 Å². The van der Waals surface area contributed by atoms with Crippen molar-refractivity contribution in [2.45, 2.75) is 53.0 Å². The molecule has 0 aromatic carbocycles. The van der Waals surface area contributed by atoms with Gasteiger partial charge < -0.3 is 10.9 Å². The maximum absolute atomic E-state index is 8.67. The number of amidine groups is 1. The first-order valence-electron chi connectivity index (χ1n) is 6.50. The van der Waals surface area contributed by atoms with E-state index in [4.69, 9.17) is 10.9 Å². The maximum Gasteiger partial charge on any atom is 0.139 e. The zero-order valence-corrected chi connectivity index (χ0v) is 11.4. The lowest BCUT2D eigenvalue weighted by atomic mass is 10.0. The topological polar surface area (TPSA) is 76.4 Å². The Hall–Kier alpha value is -1.52. The van der Waals surface area contributed by atoms with Crippen LogP contribution < -0.4 is 5.73 Å². The molecule has 100 valence electrons. The second kappa shape index (κ2) is 4.63. The van der Waals surface area contributed by atoms with Crippen LogP contribution in [0.3, 0.4) is 0 Å². The maximum atomic E-state index is 8.67. The van der Waals surface area contributed by atoms with Crippen molar-refractivity contribution in [1.82, 2.24) is 9.78 Å². The second-order valence-corrected chi connectivity index (χ2v) is 5.43. The number of hydrogen-bond donors (Lipinski definition) is 2. The number of hydrogen-bond acceptors (Lipinski definition) is 3. The molecule has 1 aromatic rings. The molecule has 1 fully saturated rings. The van der Waals surface area contributed by atoms with Gasteiger partial charge >= 0.3 is 0 Å². The molecule has 1 saturated carbocycles. The van der Waals surface area contributed by atoms with Crippen molar-refractivity contribution >= 4 is 5.84 Å². The number of nitrogens with two attached hydrogens (primary N) is 1. The summed E-state index contributed by atoms with van der Waals surface area (Å²) in [5.74, 6) is 0.324. The van der Waals surface area contributed by atoms with Crippen LogP contribution >= 0.6 is 0 Å². The third-order valence-electron chi connectivity index (χ3n) is 4.01. The van der Waals surface area contributed by atoms with Gasteiger partial charge in [-0.3, -0.25) is 4.68 Å². The fraction of sp³-hybridized carbons (Fsp3) is 0.692. The Labute approximate surface area is 108 Å². The standard InChI is InChI=1S/C13H22N4O/c1-4-11-9(2)15-17(10(11)3)8-13(5-6-13)7-12(14)16-18/h18H,4-8H2,1-3H3,(H2,14,16). The number of rotatable bonds is 5. The third-order valence-corrected chi connectivity index (χ3v) is 4.01. The van der Waals surface area contributed by atoms with Gasteiger partial charge in [-0.15, -0.1) is 0 Å². The number of aromatic nitrogens is 2. The van der Waals surface area contributed by atoms with Crippen LogP contribution in [-0.2, 0) is 13.0 Å². The molecule has 0 saturated heterocycles. The molecular formula is C13H22N4O. The summed E-state index contributed by atoms with van der Waals surface area (Å²) in [6.07, 6.45) is 3.93. The van der Waals surface area contributed by atoms with Gasteiger partial charge in [-0.25, -0.2) is 0 Å². The van der Waals surface area contributed by atoms with Gasteiger partial charge in [-0.05, 0) is 44.1 Å². The van der Waals surface area contributed by atoms with E-state index < -0.39 is 0 Å². The summed E-state index contributed by atoms with van der Waals surface area (Å²) in [6, 6.07) is 0. The summed E-state index contributed by atoms with van der Waals surface area (Å²) in [5, 5.41) is 16.4. The van der Waals surface area contributed by atoms with E-state index in [1.54, 1.807) is 0 Å². The molecule has 0 spiro atoms. The van der Waals surface area contributed by atoms with Crippen LogP contribution in [0.25, 0.3) is 0 Å². The molecule has 1 aliphatic carbocycles. The van der Waals surface area contributed by atoms with E-state index in [0.29, 0.717) is 12.3 Å². The van der Waals surface area contributed by atoms with Crippen molar-refractivity contribution in [3.8, 4) is 0 Å². The molecule has 5 nitrogen and oxygen atoms in total. The Morgan fingerprint density at radius 2 is 2.17 bits per heavy atom. The lowest BCUT2D eigenvalue weighted by molar-refractivity contribution is 0.312. The minimum atomic E-state index is 0.157. The van der Waals surface area contributed by atoms with Gasteiger partial charge in [0, 0.05) is 18.7 Å². The van der Waals surface area contributed by atoms with E-state index in [-0.39, 0.29) is 5.41 Å². The van der Waals surface area contributed by atoms with Crippen LogP contribution in [0, 0.1) is 19.3 Å². The predicted octanol–water partition coefficient (Wildman–Crippen LogP) is 1.98. The van der Waals surface area contributed by atoms with Gasteiger partial charge in [0.1, 0.15) is 5.84 Å². The molecule has 5 heteroatoms. The van der Waals surface area contributed by atoms with Crippen molar-refractivity contribution in [1.29, 1.82) is 0 Å². The van der Waals surface area contributed by atoms with Gasteiger partial charge in [0.05, 0.1) is 5.69 Å². The fourth-order valence-corrected chi connectivity index (χ4v) is 2.70. The summed E-state index contributed by atoms with van der Waals surface area (Å²) >= 11 is 0. The average Bonchev–Trinajstić information content (AvgIpc) is 3.02. The SMILES string of the molecule is CCc1c(C)nn(CC2(CC(N)=NO)CC2)c1C. The Bertz CT molecular complexity index is 472. The highest BCUT2D eigenvalue weighted by atomic mass is 16.4. The number of oxime groups is 1. The lowest BCUT2D eigenvalue weighted by Crippen LogP contribution is -2.22. The third kappa shape index (κ3) is 2.35. The minimum absolute atomic E-state index is 0.157. The minimum Gasteiger partial charge on any atom is -0.409 e. The molecule has 0 amide bonds. The molecule has 1 aromatic heterocycles. The summed E-state index contributed by atoms with van der Waals surface area (Å²) < 4.78 is 2.09. The van der Waals surface area contributed by atoms with Crippen molar-refractivity contribution < 1.29 is 5.21 Å². The quantitative estimate of drug-likeness (QED) is 0.363. The van der Waals surface area contributed by atoms with Crippen molar-refractivity contribution in [3.05, 3.63) is 17.0 Å². The summed E-state index contributed by atoms with van der Waals surface area (Å²) in [4.78, 5) is 0. The van der Waals surface area contributed by atoms with E-state index in [1.165, 1.54) is 11.3 Å². The van der Waals surface area contributed by atoms with Gasteiger partial charge in [-0.1, -0.05) is 12.1 Å². The summed E-state index contributed by atoms with van der Waals surface area (Å²) in [6.45, 7) is 7.21. The van der Waals surface area contributed by atoms with Gasteiger partial charge in [0.2, 0.25) is 0 Å². The van der Waals surface area contributed by atoms with Crippen LogP contribution in [0.15, 0.2) is 5.16 Å². The monoisotopic (exact) mass is 250 g/mol. The van der Waals surface area contributed by atoms with E-state index >= 15 is 0 Å². The Morgan fingerprint density at radius 1 is 1.50 bits per heavy atom. The molecule has 0 unspecified atom stereocenters. The highest BCUT2D eigenvalue weighted by Gasteiger charge is 2.44. The highest BCUT2D eigenvalue weighted by Crippen LogP contribution is 2.50. The molecule has 0 atom stereocenters. The van der Waals surface area contributed by atoms with Crippen LogP contribution in [0.2, 0.25) is 0 Å². The van der Waals surface area contributed by atoms with Crippen LogP contribution in [0.5, 0.6) is 0 Å². The number of nitrogens with zero attached hydrogens (tertiary/aromatic N) is 3. The fourth-order valence-electron chi connectivity index (χ4n) is 2.70. The van der Waals surface area contributed by atoms with Gasteiger partial charge in [0.25, 0.3) is 0 Å². The summed E-state index contributed by atoms with van der Waals surface area (Å²) in [7, 11) is 0. The lowest BCUT2D eigenvalue weighted by Gasteiger charge is -2.15. The molecule has 1 aliphatic rings. The predicted molar refractivity (Wildman–Crippen MR) is 70.8 cm³/mol.